The quantitative estimate of drug-likeness (QED) is 0.396. The largest absolute Gasteiger partial charge is 0.412 e. The number of carbonyl (C=O) groups is 2. The number of nitrogens with one attached hydrogen (secondary N) is 1. The first-order chi connectivity index (χ1) is 17.8. The zero-order chi connectivity index (χ0) is 25.8. The van der Waals surface area contributed by atoms with E-state index >= 15 is 0 Å². The number of rotatable bonds is 4. The molecule has 6 rings (SSSR count). The highest BCUT2D eigenvalue weighted by atomic mass is 19.4. The Hall–Kier alpha value is -2.11. The molecule has 3 nitrogen and oxygen atoms in total. The van der Waals surface area contributed by atoms with Gasteiger partial charge in [-0.2, -0.15) is 13.2 Å². The maximum absolute atomic E-state index is 13.7. The summed E-state index contributed by atoms with van der Waals surface area (Å²) >= 11 is 0. The summed E-state index contributed by atoms with van der Waals surface area (Å²) in [5.74, 6) is 1.85. The highest BCUT2D eigenvalue weighted by Gasteiger charge is 2.54. The fourth-order valence-corrected chi connectivity index (χ4v) is 8.54. The zero-order valence-electron chi connectivity index (χ0n) is 21.5. The lowest BCUT2D eigenvalue weighted by molar-refractivity contribution is -0.120. The van der Waals surface area contributed by atoms with Crippen LogP contribution in [-0.4, -0.2) is 18.2 Å². The number of carbonyl (C=O) groups excluding carboxylic acids is 2. The number of aldehydes is 1. The highest BCUT2D eigenvalue weighted by molar-refractivity contribution is 5.98. The molecule has 0 aromatic carbocycles. The molecule has 0 saturated heterocycles. The number of allylic oxidation sites excluding steroid dienone is 8. The second kappa shape index (κ2) is 9.57. The molecule has 0 bridgehead atoms. The molecule has 200 valence electrons. The summed E-state index contributed by atoms with van der Waals surface area (Å²) < 4.78 is 40.4. The molecule has 2 atom stereocenters. The Balaban J connectivity index is 1.22. The van der Waals surface area contributed by atoms with Crippen molar-refractivity contribution < 1.29 is 22.8 Å². The SMILES string of the molecule is O=CC1=CC=C(C(F)(F)F)CC12CC(C1CC(=O)C3=C(C1)NC(C1CCCC1)=CC3C1CCCCC1)C2. The molecular formula is C31H38F3NO2. The average molecular weight is 514 g/mol. The fourth-order valence-electron chi connectivity index (χ4n) is 8.54. The number of dihydropyridines is 1. The van der Waals surface area contributed by atoms with E-state index in [0.717, 1.165) is 30.1 Å². The molecule has 0 radical (unpaired) electrons. The van der Waals surface area contributed by atoms with E-state index in [1.165, 1.54) is 69.6 Å². The normalized spacial score (nSPS) is 35.4. The molecule has 0 amide bonds. The van der Waals surface area contributed by atoms with Crippen molar-refractivity contribution in [2.75, 3.05) is 0 Å². The Kier molecular flexibility index (Phi) is 6.51. The van der Waals surface area contributed by atoms with Crippen molar-refractivity contribution in [3.8, 4) is 0 Å². The monoisotopic (exact) mass is 513 g/mol. The Morgan fingerprint density at radius 1 is 0.892 bits per heavy atom. The van der Waals surface area contributed by atoms with Crippen LogP contribution in [0, 0.1) is 35.0 Å². The van der Waals surface area contributed by atoms with E-state index in [0.29, 0.717) is 36.7 Å². The summed E-state index contributed by atoms with van der Waals surface area (Å²) in [6.07, 6.45) is 14.6. The van der Waals surface area contributed by atoms with Crippen molar-refractivity contribution in [1.29, 1.82) is 0 Å². The van der Waals surface area contributed by atoms with Crippen LogP contribution < -0.4 is 5.32 Å². The van der Waals surface area contributed by atoms with Gasteiger partial charge in [-0.05, 0) is 80.6 Å². The molecule has 37 heavy (non-hydrogen) atoms. The summed E-state index contributed by atoms with van der Waals surface area (Å²) in [5.41, 5.74) is 2.66. The lowest BCUT2D eigenvalue weighted by Crippen LogP contribution is -2.47. The van der Waals surface area contributed by atoms with Gasteiger partial charge in [0.2, 0.25) is 0 Å². The van der Waals surface area contributed by atoms with Crippen LogP contribution in [-0.2, 0) is 9.59 Å². The summed E-state index contributed by atoms with van der Waals surface area (Å²) in [4.78, 5) is 25.4. The summed E-state index contributed by atoms with van der Waals surface area (Å²) in [5, 5.41) is 3.74. The second-order valence-electron chi connectivity index (χ2n) is 12.7. The summed E-state index contributed by atoms with van der Waals surface area (Å²) in [6, 6.07) is 0. The van der Waals surface area contributed by atoms with E-state index in [4.69, 9.17) is 0 Å². The fraction of sp³-hybridized carbons (Fsp3) is 0.677. The molecule has 1 spiro atoms. The number of alkyl halides is 3. The van der Waals surface area contributed by atoms with Crippen molar-refractivity contribution in [3.63, 3.8) is 0 Å². The van der Waals surface area contributed by atoms with Crippen molar-refractivity contribution >= 4 is 12.1 Å². The third kappa shape index (κ3) is 4.57. The van der Waals surface area contributed by atoms with Crippen LogP contribution in [0.15, 0.2) is 46.3 Å². The first kappa shape index (κ1) is 25.2. The van der Waals surface area contributed by atoms with E-state index < -0.39 is 17.2 Å². The Bertz CT molecular complexity index is 1080. The molecule has 3 saturated carbocycles. The van der Waals surface area contributed by atoms with Crippen LogP contribution in [0.1, 0.15) is 89.9 Å². The maximum Gasteiger partial charge on any atom is 0.412 e. The van der Waals surface area contributed by atoms with Gasteiger partial charge in [0.1, 0.15) is 6.29 Å². The van der Waals surface area contributed by atoms with Crippen LogP contribution >= 0.6 is 0 Å². The number of ketones is 1. The predicted octanol–water partition coefficient (Wildman–Crippen LogP) is 7.51. The van der Waals surface area contributed by atoms with Gasteiger partial charge in [-0.1, -0.05) is 50.3 Å². The first-order valence-corrected chi connectivity index (χ1v) is 14.5. The average Bonchev–Trinajstić information content (AvgIpc) is 3.41. The standard InChI is InChI=1S/C31H38F3NO2/c32-31(33,34)23-10-11-24(18-36)30(17-23)15-22(16-30)21-12-27-29(28(37)13-21)25(19-6-2-1-3-7-19)14-26(35-27)20-8-4-5-9-20/h10-11,14,18-22,25,35H,1-9,12-13,15-17H2. The van der Waals surface area contributed by atoms with E-state index in [2.05, 4.69) is 11.4 Å². The summed E-state index contributed by atoms with van der Waals surface area (Å²) in [6.45, 7) is 0. The summed E-state index contributed by atoms with van der Waals surface area (Å²) in [7, 11) is 0. The van der Waals surface area contributed by atoms with Crippen molar-refractivity contribution in [1.82, 2.24) is 5.32 Å². The molecule has 0 aromatic rings. The number of hydrogen-bond acceptors (Lipinski definition) is 3. The predicted molar refractivity (Wildman–Crippen MR) is 136 cm³/mol. The Morgan fingerprint density at radius 2 is 1.59 bits per heavy atom. The lowest BCUT2D eigenvalue weighted by Gasteiger charge is -2.53. The zero-order valence-corrected chi connectivity index (χ0v) is 21.5. The minimum absolute atomic E-state index is 0.122. The van der Waals surface area contributed by atoms with Gasteiger partial charge >= 0.3 is 6.18 Å². The molecule has 5 aliphatic carbocycles. The van der Waals surface area contributed by atoms with Crippen LogP contribution in [0.3, 0.4) is 0 Å². The van der Waals surface area contributed by atoms with Gasteiger partial charge in [0.15, 0.2) is 5.78 Å². The third-order valence-corrected chi connectivity index (χ3v) is 10.5. The van der Waals surface area contributed by atoms with E-state index in [1.807, 2.05) is 0 Å². The molecule has 1 heterocycles. The van der Waals surface area contributed by atoms with E-state index in [-0.39, 0.29) is 30.0 Å². The molecule has 0 aromatic heterocycles. The topological polar surface area (TPSA) is 46.2 Å². The van der Waals surface area contributed by atoms with E-state index in [9.17, 15) is 22.8 Å². The van der Waals surface area contributed by atoms with Gasteiger partial charge in [-0.15, -0.1) is 0 Å². The lowest BCUT2D eigenvalue weighted by atomic mass is 9.50. The van der Waals surface area contributed by atoms with Gasteiger partial charge in [0.05, 0.1) is 0 Å². The van der Waals surface area contributed by atoms with Gasteiger partial charge in [-0.3, -0.25) is 9.59 Å². The van der Waals surface area contributed by atoms with Crippen molar-refractivity contribution in [2.45, 2.75) is 96.1 Å². The number of halogens is 3. The van der Waals surface area contributed by atoms with Gasteiger partial charge < -0.3 is 5.32 Å². The Morgan fingerprint density at radius 3 is 2.27 bits per heavy atom. The highest BCUT2D eigenvalue weighted by Crippen LogP contribution is 2.61. The molecule has 6 heteroatoms. The minimum atomic E-state index is -4.37. The maximum atomic E-state index is 13.7. The van der Waals surface area contributed by atoms with Crippen molar-refractivity contribution in [3.05, 3.63) is 46.3 Å². The van der Waals surface area contributed by atoms with Gasteiger partial charge in [0, 0.05) is 40.3 Å². The van der Waals surface area contributed by atoms with Gasteiger partial charge in [0.25, 0.3) is 0 Å². The number of Topliss-reactive ketones (excluding diaryl/α,β-unsaturated/α-hetero) is 1. The van der Waals surface area contributed by atoms with E-state index in [1.54, 1.807) is 0 Å². The van der Waals surface area contributed by atoms with Gasteiger partial charge in [-0.25, -0.2) is 0 Å². The van der Waals surface area contributed by atoms with Crippen LogP contribution in [0.4, 0.5) is 13.2 Å². The molecule has 1 aliphatic heterocycles. The van der Waals surface area contributed by atoms with Crippen LogP contribution in [0.25, 0.3) is 0 Å². The smallest absolute Gasteiger partial charge is 0.362 e. The second-order valence-corrected chi connectivity index (χ2v) is 12.7. The molecular weight excluding hydrogens is 475 g/mol. The third-order valence-electron chi connectivity index (χ3n) is 10.5. The molecule has 6 aliphatic rings. The minimum Gasteiger partial charge on any atom is -0.362 e. The molecule has 2 unspecified atom stereocenters. The first-order valence-electron chi connectivity index (χ1n) is 14.5. The molecule has 3 fully saturated rings. The van der Waals surface area contributed by atoms with Crippen LogP contribution in [0.2, 0.25) is 0 Å². The Labute approximate surface area is 217 Å². The van der Waals surface area contributed by atoms with Crippen molar-refractivity contribution in [2.24, 2.45) is 35.0 Å². The molecule has 1 N–H and O–H groups in total. The van der Waals surface area contributed by atoms with Crippen LogP contribution in [0.5, 0.6) is 0 Å². The number of hydrogen-bond donors (Lipinski definition) is 1.